The molecule has 55 heavy (non-hydrogen) atoms. The smallest absolute Gasteiger partial charge is 0.311 e. The number of hydrogen-bond donors (Lipinski definition) is 7. The Kier molecular flexibility index (Phi) is 17.8. The van der Waals surface area contributed by atoms with Gasteiger partial charge in [0, 0.05) is 44.6 Å². The first-order valence-electron chi connectivity index (χ1n) is 20.0. The number of carbonyl (C=O) groups excluding carboxylic acids is 1. The van der Waals surface area contributed by atoms with Gasteiger partial charge in [0.2, 0.25) is 0 Å². The van der Waals surface area contributed by atoms with Crippen LogP contribution in [0.2, 0.25) is 0 Å². The summed E-state index contributed by atoms with van der Waals surface area (Å²) in [5.41, 5.74) is -1.59. The predicted octanol–water partition coefficient (Wildman–Crippen LogP) is 1.41. The van der Waals surface area contributed by atoms with E-state index in [2.05, 4.69) is 10.8 Å². The third-order valence-corrected chi connectivity index (χ3v) is 12.5. The van der Waals surface area contributed by atoms with E-state index in [4.69, 9.17) is 38.0 Å². The number of methoxy groups -OCH3 is 2. The normalized spacial score (nSPS) is 48.2. The van der Waals surface area contributed by atoms with Crippen molar-refractivity contribution >= 4 is 5.97 Å². The van der Waals surface area contributed by atoms with E-state index in [1.54, 1.807) is 62.6 Å². The number of esters is 1. The number of hydroxylamine groups is 1. The second-order valence-electron chi connectivity index (χ2n) is 17.1. The fourth-order valence-corrected chi connectivity index (χ4v) is 8.91. The molecule has 0 radical (unpaired) electrons. The number of likely N-dealkylation sites (N-methyl/N-ethyl adjacent to an activating group) is 1. The minimum Gasteiger partial charge on any atom is -0.459 e. The van der Waals surface area contributed by atoms with Crippen LogP contribution in [0.1, 0.15) is 94.9 Å². The Labute approximate surface area is 328 Å². The monoisotopic (exact) mass is 794 g/mol. The molecule has 3 aliphatic rings. The van der Waals surface area contributed by atoms with Crippen LogP contribution in [0, 0.1) is 23.7 Å². The Balaban J connectivity index is 2.20. The summed E-state index contributed by atoms with van der Waals surface area (Å²) in [5.74, 6) is -3.70. The van der Waals surface area contributed by atoms with Crippen LogP contribution in [-0.4, -0.2) is 156 Å². The molecule has 0 bridgehead atoms. The third kappa shape index (κ3) is 11.4. The molecule has 0 saturated carbocycles. The van der Waals surface area contributed by atoms with Gasteiger partial charge in [-0.2, -0.15) is 5.48 Å². The first kappa shape index (κ1) is 48.3. The molecule has 3 saturated heterocycles. The van der Waals surface area contributed by atoms with Crippen LogP contribution < -0.4 is 10.8 Å². The number of nitrogens with one attached hydrogen (secondary N) is 2. The molecule has 3 fully saturated rings. The van der Waals surface area contributed by atoms with Crippen LogP contribution in [-0.2, 0) is 42.8 Å². The molecule has 0 amide bonds. The fraction of sp³-hybridized carbons (Fsp3) is 0.974. The van der Waals surface area contributed by atoms with E-state index < -0.39 is 108 Å². The van der Waals surface area contributed by atoms with Crippen LogP contribution in [0.25, 0.3) is 0 Å². The summed E-state index contributed by atoms with van der Waals surface area (Å²) in [7, 11) is 4.79. The van der Waals surface area contributed by atoms with E-state index in [1.165, 1.54) is 14.0 Å². The van der Waals surface area contributed by atoms with Gasteiger partial charge in [-0.05, 0) is 73.8 Å². The van der Waals surface area contributed by atoms with E-state index in [0.29, 0.717) is 13.0 Å². The van der Waals surface area contributed by atoms with Gasteiger partial charge in [-0.25, -0.2) is 0 Å². The van der Waals surface area contributed by atoms with Crippen molar-refractivity contribution in [2.45, 2.75) is 185 Å². The number of rotatable bonds is 12. The van der Waals surface area contributed by atoms with Gasteiger partial charge < -0.3 is 64.0 Å². The lowest BCUT2D eigenvalue weighted by Gasteiger charge is -2.49. The van der Waals surface area contributed by atoms with Crippen molar-refractivity contribution in [1.82, 2.24) is 10.8 Å². The first-order chi connectivity index (χ1) is 25.6. The molecule has 0 aromatic heterocycles. The molecule has 19 atom stereocenters. The number of hydrogen-bond acceptors (Lipinski definition) is 16. The third-order valence-electron chi connectivity index (χ3n) is 12.5. The highest BCUT2D eigenvalue weighted by atomic mass is 16.7. The molecule has 0 aromatic carbocycles. The Morgan fingerprint density at radius 3 is 2.13 bits per heavy atom. The first-order valence-corrected chi connectivity index (χ1v) is 20.0. The summed E-state index contributed by atoms with van der Waals surface area (Å²) < 4.78 is 42.6. The SMILES string of the molecule is CC[C@H]1OC(=O)[C@H](C)[C@@H](OC2CC(C)(OC)C(O)C(C)O2)[C@H](C)[C@@H](OC2OC(C)CC(N[11CH3])C2O)[C@](C)(O)C[C@@H](C)C(NOCCOC)[C@H](C)[C@@H](O)[C@]1(C)O. The molecule has 16 heteroatoms. The van der Waals surface area contributed by atoms with Crippen LogP contribution in [0.3, 0.4) is 0 Å². The molecule has 0 aliphatic carbocycles. The molecule has 16 nitrogen and oxygen atoms in total. The highest BCUT2D eigenvalue weighted by molar-refractivity contribution is 5.73. The maximum Gasteiger partial charge on any atom is 0.311 e. The van der Waals surface area contributed by atoms with Gasteiger partial charge in [0.25, 0.3) is 0 Å². The maximum atomic E-state index is 14.3. The van der Waals surface area contributed by atoms with Crippen LogP contribution >= 0.6 is 0 Å². The molecule has 9 unspecified atom stereocenters. The zero-order valence-electron chi connectivity index (χ0n) is 35.4. The summed E-state index contributed by atoms with van der Waals surface area (Å²) in [4.78, 5) is 20.0. The zero-order valence-corrected chi connectivity index (χ0v) is 35.4. The molecule has 324 valence electrons. The predicted molar refractivity (Wildman–Crippen MR) is 201 cm³/mol. The molecule has 3 heterocycles. The summed E-state index contributed by atoms with van der Waals surface area (Å²) in [5, 5.41) is 61.9. The Hall–Kier alpha value is -1.09. The van der Waals surface area contributed by atoms with Crippen molar-refractivity contribution in [2.24, 2.45) is 23.7 Å². The van der Waals surface area contributed by atoms with Gasteiger partial charge in [0.15, 0.2) is 12.6 Å². The topological polar surface area (TPSA) is 216 Å². The lowest BCUT2D eigenvalue weighted by molar-refractivity contribution is -0.316. The highest BCUT2D eigenvalue weighted by Gasteiger charge is 2.53. The largest absolute Gasteiger partial charge is 0.459 e. The molecule has 7 N–H and O–H groups in total. The van der Waals surface area contributed by atoms with Crippen molar-refractivity contribution in [3.63, 3.8) is 0 Å². The maximum absolute atomic E-state index is 14.3. The Bertz CT molecular complexity index is 1180. The fourth-order valence-electron chi connectivity index (χ4n) is 8.91. The molecule has 3 rings (SSSR count). The average Bonchev–Trinajstić information content (AvgIpc) is 3.12. The van der Waals surface area contributed by atoms with E-state index >= 15 is 0 Å². The van der Waals surface area contributed by atoms with Gasteiger partial charge in [0.05, 0.1) is 60.9 Å². The quantitative estimate of drug-likeness (QED) is 0.0845. The van der Waals surface area contributed by atoms with E-state index in [-0.39, 0.29) is 38.0 Å². The Morgan fingerprint density at radius 2 is 1.55 bits per heavy atom. The Morgan fingerprint density at radius 1 is 0.891 bits per heavy atom. The number of aliphatic hydroxyl groups excluding tert-OH is 3. The highest BCUT2D eigenvalue weighted by Crippen LogP contribution is 2.41. The minimum absolute atomic E-state index is 0.0635. The summed E-state index contributed by atoms with van der Waals surface area (Å²) in [6, 6.07) is -1.01. The second-order valence-corrected chi connectivity index (χ2v) is 17.1. The lowest BCUT2D eigenvalue weighted by atomic mass is 9.72. The van der Waals surface area contributed by atoms with Crippen molar-refractivity contribution in [3.05, 3.63) is 0 Å². The summed E-state index contributed by atoms with van der Waals surface area (Å²) >= 11 is 0. The summed E-state index contributed by atoms with van der Waals surface area (Å²) in [6.45, 7) is 17.7. The molecule has 0 aromatic rings. The van der Waals surface area contributed by atoms with Gasteiger partial charge in [-0.15, -0.1) is 0 Å². The lowest BCUT2D eigenvalue weighted by Crippen LogP contribution is -2.62. The van der Waals surface area contributed by atoms with Crippen LogP contribution in [0.15, 0.2) is 0 Å². The summed E-state index contributed by atoms with van der Waals surface area (Å²) in [6.07, 6.45) is -9.04. The average molecular weight is 794 g/mol. The van der Waals surface area contributed by atoms with E-state index in [1.807, 2.05) is 13.8 Å². The van der Waals surface area contributed by atoms with Crippen molar-refractivity contribution in [3.8, 4) is 0 Å². The van der Waals surface area contributed by atoms with Gasteiger partial charge in [-0.3, -0.25) is 9.63 Å². The molecule has 0 spiro atoms. The van der Waals surface area contributed by atoms with Gasteiger partial charge in [-0.1, -0.05) is 27.7 Å². The van der Waals surface area contributed by atoms with Gasteiger partial charge in [0.1, 0.15) is 23.9 Å². The van der Waals surface area contributed by atoms with Crippen molar-refractivity contribution in [2.75, 3.05) is 34.5 Å². The van der Waals surface area contributed by atoms with E-state index in [9.17, 15) is 30.3 Å². The number of carbonyl (C=O) groups is 1. The van der Waals surface area contributed by atoms with Crippen molar-refractivity contribution in [1.29, 1.82) is 0 Å². The zero-order chi connectivity index (χ0) is 41.6. The molecular weight excluding hydrogens is 719 g/mol. The minimum atomic E-state index is -1.90. The number of aliphatic hydroxyl groups is 5. The van der Waals surface area contributed by atoms with Crippen LogP contribution in [0.5, 0.6) is 0 Å². The number of cyclic esters (lactones) is 1. The van der Waals surface area contributed by atoms with Crippen molar-refractivity contribution < 1.29 is 68.3 Å². The number of ether oxygens (including phenoxy) is 7. The standard InChI is InChI=1S/C39H74N2O14/c1-14-27-39(10,47)32(43)22(4)29(41-50-16-15-48-12)20(2)18-37(8,46)34(55-36-30(42)26(40-11)17-21(3)51-36)23(5)31(24(6)35(45)53-27)54-28-19-38(9,49-13)33(44)25(7)52-28/h20-34,36,40-44,46-47H,14-19H2,1-13H3/t20-,21?,22+,23+,24-,25?,26?,27-,28?,29?,30?,31+,32-,33?,34-,36?,37-,38?,39-/m1/s1/i11-1. The van der Waals surface area contributed by atoms with Gasteiger partial charge >= 0.3 is 5.97 Å². The molecular formula is C39H74N2O14. The van der Waals surface area contributed by atoms with Crippen LogP contribution in [0.4, 0.5) is 0 Å². The second kappa shape index (κ2) is 20.2. The van der Waals surface area contributed by atoms with E-state index in [0.717, 1.165) is 0 Å². The molecule has 3 aliphatic heterocycles.